The molecule has 1 aromatic rings. The van der Waals surface area contributed by atoms with Crippen molar-refractivity contribution in [2.45, 2.75) is 44.4 Å². The highest BCUT2D eigenvalue weighted by Gasteiger charge is 2.22. The topological polar surface area (TPSA) is 83.5 Å². The van der Waals surface area contributed by atoms with E-state index in [-0.39, 0.29) is 16.4 Å². The minimum absolute atomic E-state index is 0.178. The van der Waals surface area contributed by atoms with Crippen LogP contribution in [0.3, 0.4) is 0 Å². The molecule has 0 saturated heterocycles. The van der Waals surface area contributed by atoms with Gasteiger partial charge in [-0.15, -0.1) is 0 Å². The molecule has 1 rings (SSSR count). The second-order valence-corrected chi connectivity index (χ2v) is 6.81. The lowest BCUT2D eigenvalue weighted by Crippen LogP contribution is -2.30. The van der Waals surface area contributed by atoms with Gasteiger partial charge in [0, 0.05) is 6.54 Å². The zero-order valence-electron chi connectivity index (χ0n) is 12.5. The molecule has 1 unspecified atom stereocenters. The minimum Gasteiger partial charge on any atom is -0.478 e. The van der Waals surface area contributed by atoms with Crippen LogP contribution >= 0.6 is 0 Å². The summed E-state index contributed by atoms with van der Waals surface area (Å²) in [6.45, 7) is 4.46. The van der Waals surface area contributed by atoms with E-state index in [0.29, 0.717) is 6.54 Å². The van der Waals surface area contributed by atoms with Crippen molar-refractivity contribution in [1.29, 1.82) is 0 Å². The number of rotatable bonds is 9. The molecule has 0 bridgehead atoms. The number of aromatic carboxylic acids is 1. The highest BCUT2D eigenvalue weighted by molar-refractivity contribution is 7.89. The van der Waals surface area contributed by atoms with E-state index in [2.05, 4.69) is 11.6 Å². The summed E-state index contributed by atoms with van der Waals surface area (Å²) in [7, 11) is -3.80. The van der Waals surface area contributed by atoms with Crippen molar-refractivity contribution < 1.29 is 18.3 Å². The van der Waals surface area contributed by atoms with Crippen molar-refractivity contribution >= 4 is 16.0 Å². The van der Waals surface area contributed by atoms with Crippen molar-refractivity contribution in [2.75, 3.05) is 6.54 Å². The van der Waals surface area contributed by atoms with Crippen LogP contribution in [0.5, 0.6) is 0 Å². The summed E-state index contributed by atoms with van der Waals surface area (Å²) in [6.07, 6.45) is 4.00. The van der Waals surface area contributed by atoms with E-state index >= 15 is 0 Å². The van der Waals surface area contributed by atoms with E-state index in [9.17, 15) is 13.2 Å². The van der Waals surface area contributed by atoms with Crippen LogP contribution in [0.4, 0.5) is 0 Å². The number of carboxylic acid groups (broad SMARTS) is 1. The van der Waals surface area contributed by atoms with E-state index in [4.69, 9.17) is 5.11 Å². The molecule has 6 heteroatoms. The molecule has 0 aliphatic carbocycles. The van der Waals surface area contributed by atoms with E-state index in [1.165, 1.54) is 24.3 Å². The first kappa shape index (κ1) is 17.7. The van der Waals surface area contributed by atoms with Crippen LogP contribution in [0.15, 0.2) is 29.2 Å². The normalized spacial score (nSPS) is 13.0. The highest BCUT2D eigenvalue weighted by atomic mass is 32.2. The smallest absolute Gasteiger partial charge is 0.337 e. The number of sulfonamides is 1. The monoisotopic (exact) mass is 313 g/mol. The molecule has 118 valence electrons. The quantitative estimate of drug-likeness (QED) is 0.734. The Kier molecular flexibility index (Phi) is 6.84. The fourth-order valence-corrected chi connectivity index (χ4v) is 3.44. The summed E-state index contributed by atoms with van der Waals surface area (Å²) in [5.41, 5.74) is -0.202. The molecule has 0 heterocycles. The molecule has 5 nitrogen and oxygen atoms in total. The summed E-state index contributed by atoms with van der Waals surface area (Å²) < 4.78 is 27.1. The predicted molar refractivity (Wildman–Crippen MR) is 81.9 cm³/mol. The van der Waals surface area contributed by atoms with E-state index in [1.807, 2.05) is 6.92 Å². The van der Waals surface area contributed by atoms with Gasteiger partial charge in [0.1, 0.15) is 0 Å². The third-order valence-electron chi connectivity index (χ3n) is 3.51. The van der Waals surface area contributed by atoms with Crippen LogP contribution in [0.25, 0.3) is 0 Å². The maximum Gasteiger partial charge on any atom is 0.337 e. The van der Waals surface area contributed by atoms with Crippen molar-refractivity contribution in [1.82, 2.24) is 4.72 Å². The maximum absolute atomic E-state index is 12.3. The molecular formula is C15H23NO4S. The maximum atomic E-state index is 12.3. The number of carbonyl (C=O) groups is 1. The minimum atomic E-state index is -3.80. The van der Waals surface area contributed by atoms with Crippen molar-refractivity contribution in [3.63, 3.8) is 0 Å². The number of nitrogens with one attached hydrogen (secondary N) is 1. The second-order valence-electron chi connectivity index (χ2n) is 5.07. The first-order valence-corrected chi connectivity index (χ1v) is 8.72. The fourth-order valence-electron chi connectivity index (χ4n) is 2.13. The van der Waals surface area contributed by atoms with Gasteiger partial charge < -0.3 is 5.11 Å². The summed E-state index contributed by atoms with van der Waals surface area (Å²) in [5, 5.41) is 9.08. The van der Waals surface area contributed by atoms with Gasteiger partial charge in [0.05, 0.1) is 10.5 Å². The summed E-state index contributed by atoms with van der Waals surface area (Å²) in [6, 6.07) is 5.65. The summed E-state index contributed by atoms with van der Waals surface area (Å²) in [5.74, 6) is -0.967. The molecule has 0 saturated carbocycles. The van der Waals surface area contributed by atoms with Gasteiger partial charge in [0.2, 0.25) is 10.0 Å². The Balaban J connectivity index is 2.85. The lowest BCUT2D eigenvalue weighted by atomic mass is 10.00. The number of unbranched alkanes of at least 4 members (excludes halogenated alkanes) is 1. The molecule has 0 fully saturated rings. The van der Waals surface area contributed by atoms with Gasteiger partial charge >= 0.3 is 5.97 Å². The number of carboxylic acids is 1. The molecule has 1 atom stereocenters. The predicted octanol–water partition coefficient (Wildman–Crippen LogP) is 2.88. The number of hydrogen-bond donors (Lipinski definition) is 2. The largest absolute Gasteiger partial charge is 0.478 e. The van der Waals surface area contributed by atoms with Crippen LogP contribution in [-0.2, 0) is 10.0 Å². The number of benzene rings is 1. The molecule has 21 heavy (non-hydrogen) atoms. The van der Waals surface area contributed by atoms with E-state index in [0.717, 1.165) is 25.7 Å². The molecule has 0 aliphatic rings. The zero-order chi connectivity index (χ0) is 15.9. The van der Waals surface area contributed by atoms with Crippen LogP contribution in [0, 0.1) is 5.92 Å². The van der Waals surface area contributed by atoms with Gasteiger partial charge in [-0.05, 0) is 24.5 Å². The molecule has 0 spiro atoms. The van der Waals surface area contributed by atoms with Crippen LogP contribution in [0.1, 0.15) is 49.9 Å². The van der Waals surface area contributed by atoms with Crippen LogP contribution in [0.2, 0.25) is 0 Å². The number of hydrogen-bond acceptors (Lipinski definition) is 3. The van der Waals surface area contributed by atoms with Gasteiger partial charge in [0.15, 0.2) is 0 Å². The molecule has 2 N–H and O–H groups in total. The standard InChI is InChI=1S/C15H23NO4S/c1-3-5-8-12(4-2)11-16-21(19,20)14-10-7-6-9-13(14)15(17)18/h6-7,9-10,12,16H,3-5,8,11H2,1-2H3,(H,17,18). The molecule has 0 amide bonds. The Morgan fingerprint density at radius 1 is 1.29 bits per heavy atom. The summed E-state index contributed by atoms with van der Waals surface area (Å²) in [4.78, 5) is 10.9. The average molecular weight is 313 g/mol. The SMILES string of the molecule is CCCCC(CC)CNS(=O)(=O)c1ccccc1C(=O)O. The van der Waals surface area contributed by atoms with Crippen molar-refractivity contribution in [3.8, 4) is 0 Å². The average Bonchev–Trinajstić information content (AvgIpc) is 2.47. The van der Waals surface area contributed by atoms with Gasteiger partial charge in [-0.25, -0.2) is 17.9 Å². The molecule has 0 aromatic heterocycles. The lowest BCUT2D eigenvalue weighted by molar-refractivity contribution is 0.0692. The fraction of sp³-hybridized carbons (Fsp3) is 0.533. The Hall–Kier alpha value is -1.40. The van der Waals surface area contributed by atoms with Gasteiger partial charge in [-0.2, -0.15) is 0 Å². The van der Waals surface area contributed by atoms with E-state index < -0.39 is 16.0 Å². The van der Waals surface area contributed by atoms with Gasteiger partial charge in [-0.3, -0.25) is 0 Å². The van der Waals surface area contributed by atoms with Gasteiger partial charge in [-0.1, -0.05) is 45.2 Å². The Morgan fingerprint density at radius 3 is 2.52 bits per heavy atom. The Morgan fingerprint density at radius 2 is 1.95 bits per heavy atom. The first-order valence-electron chi connectivity index (χ1n) is 7.24. The molecular weight excluding hydrogens is 290 g/mol. The Bertz CT molecular complexity index is 569. The van der Waals surface area contributed by atoms with Crippen LogP contribution in [-0.4, -0.2) is 26.0 Å². The zero-order valence-corrected chi connectivity index (χ0v) is 13.3. The lowest BCUT2D eigenvalue weighted by Gasteiger charge is -2.16. The van der Waals surface area contributed by atoms with E-state index in [1.54, 1.807) is 0 Å². The molecule has 1 aromatic carbocycles. The third-order valence-corrected chi connectivity index (χ3v) is 4.99. The summed E-state index contributed by atoms with van der Waals surface area (Å²) >= 11 is 0. The Labute approximate surface area is 126 Å². The van der Waals surface area contributed by atoms with Crippen molar-refractivity contribution in [3.05, 3.63) is 29.8 Å². The third kappa shape index (κ3) is 5.13. The second kappa shape index (κ2) is 8.14. The highest BCUT2D eigenvalue weighted by Crippen LogP contribution is 2.17. The van der Waals surface area contributed by atoms with Crippen LogP contribution < -0.4 is 4.72 Å². The van der Waals surface area contributed by atoms with Gasteiger partial charge in [0.25, 0.3) is 0 Å². The first-order chi connectivity index (χ1) is 9.92. The van der Waals surface area contributed by atoms with Crippen molar-refractivity contribution in [2.24, 2.45) is 5.92 Å². The molecule has 0 radical (unpaired) electrons. The molecule has 0 aliphatic heterocycles.